The number of amides is 1. The Morgan fingerprint density at radius 3 is 2.84 bits per heavy atom. The van der Waals surface area contributed by atoms with Gasteiger partial charge in [0.25, 0.3) is 5.91 Å². The van der Waals surface area contributed by atoms with Gasteiger partial charge in [-0.25, -0.2) is 4.98 Å². The number of rotatable bonds is 7. The Kier molecular flexibility index (Phi) is 5.78. The summed E-state index contributed by atoms with van der Waals surface area (Å²) in [5.41, 5.74) is 6.21. The van der Waals surface area contributed by atoms with Crippen molar-refractivity contribution in [1.29, 1.82) is 0 Å². The topological polar surface area (TPSA) is 105 Å². The monoisotopic (exact) mass is 265 g/mol. The third-order valence-electron chi connectivity index (χ3n) is 2.83. The molecular weight excluding hydrogens is 246 g/mol. The number of carboxylic acids is 1. The minimum Gasteiger partial charge on any atom is -0.481 e. The Labute approximate surface area is 112 Å². The van der Waals surface area contributed by atoms with Crippen molar-refractivity contribution in [3.05, 3.63) is 24.0 Å². The van der Waals surface area contributed by atoms with Crippen molar-refractivity contribution in [2.24, 2.45) is 5.92 Å². The summed E-state index contributed by atoms with van der Waals surface area (Å²) in [6.07, 6.45) is 3.01. The van der Waals surface area contributed by atoms with E-state index in [4.69, 9.17) is 10.8 Å². The predicted molar refractivity (Wildman–Crippen MR) is 71.6 cm³/mol. The highest BCUT2D eigenvalue weighted by Crippen LogP contribution is 2.10. The number of hydrogen-bond acceptors (Lipinski definition) is 4. The molecule has 0 bridgehead atoms. The van der Waals surface area contributed by atoms with Crippen molar-refractivity contribution < 1.29 is 14.7 Å². The van der Waals surface area contributed by atoms with Gasteiger partial charge in [-0.05, 0) is 30.9 Å². The van der Waals surface area contributed by atoms with E-state index in [2.05, 4.69) is 10.3 Å². The number of carboxylic acid groups (broad SMARTS) is 1. The molecule has 104 valence electrons. The normalized spacial score (nSPS) is 11.8. The minimum absolute atomic E-state index is 0.155. The highest BCUT2D eigenvalue weighted by atomic mass is 16.4. The van der Waals surface area contributed by atoms with Crippen LogP contribution >= 0.6 is 0 Å². The molecule has 1 atom stereocenters. The van der Waals surface area contributed by atoms with Gasteiger partial charge in [0, 0.05) is 19.2 Å². The molecule has 19 heavy (non-hydrogen) atoms. The van der Waals surface area contributed by atoms with E-state index in [1.807, 2.05) is 6.92 Å². The maximum atomic E-state index is 11.8. The molecule has 0 fully saturated rings. The van der Waals surface area contributed by atoms with Crippen molar-refractivity contribution in [3.63, 3.8) is 0 Å². The third kappa shape index (κ3) is 5.37. The number of aromatic nitrogens is 1. The molecule has 0 aliphatic rings. The lowest BCUT2D eigenvalue weighted by atomic mass is 10.0. The second-order valence-electron chi connectivity index (χ2n) is 4.52. The SMILES string of the molecule is CC(CCNC(=O)c1ncccc1N)CCC(=O)O. The van der Waals surface area contributed by atoms with Gasteiger partial charge in [0.05, 0.1) is 5.69 Å². The lowest BCUT2D eigenvalue weighted by Gasteiger charge is -2.11. The van der Waals surface area contributed by atoms with Gasteiger partial charge >= 0.3 is 5.97 Å². The quantitative estimate of drug-likeness (QED) is 0.688. The van der Waals surface area contributed by atoms with Crippen LogP contribution in [0, 0.1) is 5.92 Å². The molecule has 0 radical (unpaired) electrons. The van der Waals surface area contributed by atoms with Crippen LogP contribution < -0.4 is 11.1 Å². The van der Waals surface area contributed by atoms with E-state index in [0.29, 0.717) is 18.7 Å². The zero-order valence-corrected chi connectivity index (χ0v) is 10.9. The van der Waals surface area contributed by atoms with E-state index in [1.54, 1.807) is 12.1 Å². The molecule has 1 aromatic rings. The van der Waals surface area contributed by atoms with E-state index in [-0.39, 0.29) is 23.9 Å². The summed E-state index contributed by atoms with van der Waals surface area (Å²) in [6.45, 7) is 2.44. The summed E-state index contributed by atoms with van der Waals surface area (Å²) in [5.74, 6) is -0.849. The van der Waals surface area contributed by atoms with E-state index in [9.17, 15) is 9.59 Å². The Hall–Kier alpha value is -2.11. The van der Waals surface area contributed by atoms with Gasteiger partial charge in [-0.3, -0.25) is 9.59 Å². The Morgan fingerprint density at radius 2 is 2.21 bits per heavy atom. The lowest BCUT2D eigenvalue weighted by Crippen LogP contribution is -2.27. The van der Waals surface area contributed by atoms with E-state index in [1.165, 1.54) is 6.20 Å². The second-order valence-corrected chi connectivity index (χ2v) is 4.52. The number of hydrogen-bond donors (Lipinski definition) is 3. The van der Waals surface area contributed by atoms with E-state index >= 15 is 0 Å². The van der Waals surface area contributed by atoms with Crippen molar-refractivity contribution in [3.8, 4) is 0 Å². The molecule has 0 saturated carbocycles. The number of nitrogens with zero attached hydrogens (tertiary/aromatic N) is 1. The zero-order valence-electron chi connectivity index (χ0n) is 10.9. The first-order chi connectivity index (χ1) is 9.00. The summed E-state index contributed by atoms with van der Waals surface area (Å²) in [4.78, 5) is 26.1. The van der Waals surface area contributed by atoms with Crippen molar-refractivity contribution in [2.75, 3.05) is 12.3 Å². The van der Waals surface area contributed by atoms with Crippen molar-refractivity contribution in [1.82, 2.24) is 10.3 Å². The van der Waals surface area contributed by atoms with Gasteiger partial charge < -0.3 is 16.2 Å². The molecule has 1 unspecified atom stereocenters. The van der Waals surface area contributed by atoms with Gasteiger partial charge in [-0.2, -0.15) is 0 Å². The standard InChI is InChI=1S/C13H19N3O3/c1-9(4-5-11(17)18)6-8-16-13(19)12-10(14)3-2-7-15-12/h2-3,7,9H,4-6,8,14H2,1H3,(H,16,19)(H,17,18). The molecule has 6 nitrogen and oxygen atoms in total. The Morgan fingerprint density at radius 1 is 1.47 bits per heavy atom. The highest BCUT2D eigenvalue weighted by Gasteiger charge is 2.11. The van der Waals surface area contributed by atoms with Crippen LogP contribution in [0.1, 0.15) is 36.7 Å². The number of aliphatic carboxylic acids is 1. The second kappa shape index (κ2) is 7.35. The molecule has 1 amide bonds. The van der Waals surface area contributed by atoms with Gasteiger partial charge in [0.2, 0.25) is 0 Å². The van der Waals surface area contributed by atoms with Crippen LogP contribution in [-0.4, -0.2) is 28.5 Å². The number of pyridine rings is 1. The molecule has 6 heteroatoms. The first-order valence-electron chi connectivity index (χ1n) is 6.21. The van der Waals surface area contributed by atoms with Gasteiger partial charge in [0.15, 0.2) is 5.69 Å². The fraction of sp³-hybridized carbons (Fsp3) is 0.462. The number of nitrogens with two attached hydrogens (primary N) is 1. The molecule has 0 aromatic carbocycles. The smallest absolute Gasteiger partial charge is 0.303 e. The summed E-state index contributed by atoms with van der Waals surface area (Å²) < 4.78 is 0. The van der Waals surface area contributed by atoms with Crippen LogP contribution in [0.2, 0.25) is 0 Å². The number of carbonyl (C=O) groups is 2. The third-order valence-corrected chi connectivity index (χ3v) is 2.83. The fourth-order valence-corrected chi connectivity index (χ4v) is 1.64. The average Bonchev–Trinajstić information content (AvgIpc) is 2.36. The van der Waals surface area contributed by atoms with Gasteiger partial charge in [-0.1, -0.05) is 6.92 Å². The molecular formula is C13H19N3O3. The van der Waals surface area contributed by atoms with Crippen molar-refractivity contribution in [2.45, 2.75) is 26.2 Å². The molecule has 0 aliphatic heterocycles. The molecule has 1 heterocycles. The Bertz CT molecular complexity index is 449. The number of nitrogen functional groups attached to an aromatic ring is 1. The minimum atomic E-state index is -0.794. The maximum Gasteiger partial charge on any atom is 0.303 e. The largest absolute Gasteiger partial charge is 0.481 e. The maximum absolute atomic E-state index is 11.8. The predicted octanol–water partition coefficient (Wildman–Crippen LogP) is 1.28. The first kappa shape index (κ1) is 14.9. The summed E-state index contributed by atoms with van der Waals surface area (Å²) in [5, 5.41) is 11.3. The average molecular weight is 265 g/mol. The van der Waals surface area contributed by atoms with Gasteiger partial charge in [-0.15, -0.1) is 0 Å². The first-order valence-corrected chi connectivity index (χ1v) is 6.21. The molecule has 0 spiro atoms. The lowest BCUT2D eigenvalue weighted by molar-refractivity contribution is -0.137. The van der Waals surface area contributed by atoms with Gasteiger partial charge in [0.1, 0.15) is 0 Å². The molecule has 4 N–H and O–H groups in total. The fourth-order valence-electron chi connectivity index (χ4n) is 1.64. The summed E-state index contributed by atoms with van der Waals surface area (Å²) >= 11 is 0. The van der Waals surface area contributed by atoms with Crippen LogP contribution in [-0.2, 0) is 4.79 Å². The van der Waals surface area contributed by atoms with E-state index < -0.39 is 5.97 Å². The van der Waals surface area contributed by atoms with Crippen LogP contribution in [0.4, 0.5) is 5.69 Å². The van der Waals surface area contributed by atoms with Crippen LogP contribution in [0.5, 0.6) is 0 Å². The summed E-state index contributed by atoms with van der Waals surface area (Å²) in [7, 11) is 0. The molecule has 1 aromatic heterocycles. The highest BCUT2D eigenvalue weighted by molar-refractivity contribution is 5.96. The Balaban J connectivity index is 2.31. The number of anilines is 1. The summed E-state index contributed by atoms with van der Waals surface area (Å²) in [6, 6.07) is 3.29. The zero-order chi connectivity index (χ0) is 14.3. The van der Waals surface area contributed by atoms with Crippen LogP contribution in [0.25, 0.3) is 0 Å². The van der Waals surface area contributed by atoms with Crippen molar-refractivity contribution >= 4 is 17.6 Å². The van der Waals surface area contributed by atoms with E-state index in [0.717, 1.165) is 6.42 Å². The van der Waals surface area contributed by atoms with Crippen LogP contribution in [0.15, 0.2) is 18.3 Å². The van der Waals surface area contributed by atoms with Crippen LogP contribution in [0.3, 0.4) is 0 Å². The number of carbonyl (C=O) groups excluding carboxylic acids is 1. The molecule has 1 rings (SSSR count). The number of nitrogens with one attached hydrogen (secondary N) is 1. The molecule has 0 aliphatic carbocycles. The molecule has 0 saturated heterocycles.